The minimum Gasteiger partial charge on any atom is -0.392 e. The Balaban J connectivity index is 1.68. The second-order valence-corrected chi connectivity index (χ2v) is 6.23. The van der Waals surface area contributed by atoms with Gasteiger partial charge in [0.15, 0.2) is 0 Å². The number of anilines is 1. The van der Waals surface area contributed by atoms with Gasteiger partial charge in [-0.2, -0.15) is 0 Å². The first kappa shape index (κ1) is 18.0. The van der Waals surface area contributed by atoms with E-state index in [4.69, 9.17) is 4.84 Å². The summed E-state index contributed by atoms with van der Waals surface area (Å²) in [4.78, 5) is 25.7. The molecule has 0 unspecified atom stereocenters. The van der Waals surface area contributed by atoms with E-state index in [1.807, 2.05) is 13.0 Å². The van der Waals surface area contributed by atoms with Crippen LogP contribution in [0.25, 0.3) is 0 Å². The average Bonchev–Trinajstić information content (AvgIpc) is 2.60. The Morgan fingerprint density at radius 3 is 2.77 bits per heavy atom. The van der Waals surface area contributed by atoms with Gasteiger partial charge in [-0.15, -0.1) is 0 Å². The molecule has 0 bridgehead atoms. The molecule has 26 heavy (non-hydrogen) atoms. The predicted molar refractivity (Wildman–Crippen MR) is 96.7 cm³/mol. The predicted octanol–water partition coefficient (Wildman–Crippen LogP) is 3.86. The van der Waals surface area contributed by atoms with Crippen molar-refractivity contribution in [2.75, 3.05) is 5.32 Å². The van der Waals surface area contributed by atoms with Crippen LogP contribution in [0.3, 0.4) is 0 Å². The van der Waals surface area contributed by atoms with E-state index >= 15 is 0 Å². The third kappa shape index (κ3) is 4.04. The maximum absolute atomic E-state index is 13.5. The van der Waals surface area contributed by atoms with Gasteiger partial charge < -0.3 is 10.2 Å². The van der Waals surface area contributed by atoms with Gasteiger partial charge in [-0.3, -0.25) is 9.78 Å². The van der Waals surface area contributed by atoms with Crippen molar-refractivity contribution in [3.8, 4) is 0 Å². The number of pyridine rings is 2. The largest absolute Gasteiger partial charge is 0.392 e. The first-order valence-corrected chi connectivity index (χ1v) is 8.69. The minimum atomic E-state index is -0.517. The lowest BCUT2D eigenvalue weighted by Gasteiger charge is -2.23. The number of amides is 1. The highest BCUT2D eigenvalue weighted by Crippen LogP contribution is 2.22. The van der Waals surface area contributed by atoms with Crippen LogP contribution in [-0.4, -0.2) is 27.7 Å². The number of hydrogen-bond acceptors (Lipinski definition) is 5. The van der Waals surface area contributed by atoms with Crippen molar-refractivity contribution in [3.05, 3.63) is 53.2 Å². The Morgan fingerprint density at radius 2 is 2.15 bits per heavy atom. The molecule has 6 nitrogen and oxygen atoms in total. The number of oxime groups is 1. The van der Waals surface area contributed by atoms with Crippen LogP contribution in [0, 0.1) is 12.7 Å². The summed E-state index contributed by atoms with van der Waals surface area (Å²) in [5.74, 6) is -0.596. The van der Waals surface area contributed by atoms with Crippen LogP contribution >= 0.6 is 0 Å². The van der Waals surface area contributed by atoms with Gasteiger partial charge in [-0.25, -0.2) is 9.37 Å². The van der Waals surface area contributed by atoms with Crippen molar-refractivity contribution in [3.63, 3.8) is 0 Å². The van der Waals surface area contributed by atoms with Gasteiger partial charge in [0.1, 0.15) is 17.7 Å². The number of nitrogens with zero attached hydrogens (tertiary/aromatic N) is 3. The highest BCUT2D eigenvalue weighted by atomic mass is 19.1. The number of nitrogens with one attached hydrogen (secondary N) is 1. The van der Waals surface area contributed by atoms with Crippen LogP contribution in [0.1, 0.15) is 54.1 Å². The highest BCUT2D eigenvalue weighted by Gasteiger charge is 2.19. The maximum Gasteiger partial charge on any atom is 0.258 e. The van der Waals surface area contributed by atoms with Gasteiger partial charge in [-0.1, -0.05) is 12.1 Å². The number of aromatic nitrogens is 2. The average molecular weight is 356 g/mol. The molecule has 2 heterocycles. The molecule has 2 aromatic heterocycles. The first-order chi connectivity index (χ1) is 12.6. The number of carbonyl (C=O) groups excluding carboxylic acids is 1. The van der Waals surface area contributed by atoms with Crippen molar-refractivity contribution < 1.29 is 14.0 Å². The second kappa shape index (κ2) is 8.03. The van der Waals surface area contributed by atoms with Gasteiger partial charge in [0, 0.05) is 23.5 Å². The normalized spacial score (nSPS) is 14.7. The summed E-state index contributed by atoms with van der Waals surface area (Å²) in [6.45, 7) is 3.53. The van der Waals surface area contributed by atoms with Crippen LogP contribution in [0.2, 0.25) is 0 Å². The molecule has 1 aliphatic carbocycles. The number of rotatable bonds is 6. The quantitative estimate of drug-likeness (QED) is 0.630. The van der Waals surface area contributed by atoms with Crippen molar-refractivity contribution in [2.24, 2.45) is 5.16 Å². The van der Waals surface area contributed by atoms with Gasteiger partial charge in [0.2, 0.25) is 0 Å². The van der Waals surface area contributed by atoms with E-state index in [1.54, 1.807) is 12.3 Å². The van der Waals surface area contributed by atoms with E-state index in [9.17, 15) is 9.18 Å². The van der Waals surface area contributed by atoms with Crippen molar-refractivity contribution in [2.45, 2.75) is 45.6 Å². The fourth-order valence-electron chi connectivity index (χ4n) is 2.49. The Kier molecular flexibility index (Phi) is 5.55. The molecule has 0 spiro atoms. The summed E-state index contributed by atoms with van der Waals surface area (Å²) >= 11 is 0. The lowest BCUT2D eigenvalue weighted by Crippen LogP contribution is -2.20. The van der Waals surface area contributed by atoms with E-state index in [0.717, 1.165) is 30.3 Å². The molecule has 1 fully saturated rings. The fraction of sp³-hybridized carbons (Fsp3) is 0.368. The van der Waals surface area contributed by atoms with Crippen LogP contribution in [-0.2, 0) is 4.84 Å². The summed E-state index contributed by atoms with van der Waals surface area (Å²) in [6.07, 6.45) is 8.30. The molecule has 1 amide bonds. The van der Waals surface area contributed by atoms with Gasteiger partial charge in [-0.05, 0) is 44.7 Å². The van der Waals surface area contributed by atoms with Crippen LogP contribution in [0.4, 0.5) is 10.2 Å². The van der Waals surface area contributed by atoms with Crippen molar-refractivity contribution in [1.82, 2.24) is 9.97 Å². The van der Waals surface area contributed by atoms with Crippen LogP contribution < -0.4 is 5.32 Å². The number of carbonyl (C=O) groups is 1. The SMILES string of the molecule is CC/C(=N\OC1CCC1)c1ccc(NC(=O)c2cncc(F)c2C)nc1. The third-order valence-electron chi connectivity index (χ3n) is 4.44. The Labute approximate surface area is 151 Å². The molecule has 0 atom stereocenters. The highest BCUT2D eigenvalue weighted by molar-refractivity contribution is 6.05. The van der Waals surface area contributed by atoms with Crippen LogP contribution in [0.5, 0.6) is 0 Å². The summed E-state index contributed by atoms with van der Waals surface area (Å²) in [5.41, 5.74) is 2.09. The second-order valence-electron chi connectivity index (χ2n) is 6.23. The van der Waals surface area contributed by atoms with Crippen molar-refractivity contribution >= 4 is 17.4 Å². The Morgan fingerprint density at radius 1 is 1.35 bits per heavy atom. The van der Waals surface area contributed by atoms with E-state index in [1.165, 1.54) is 19.5 Å². The lowest BCUT2D eigenvalue weighted by molar-refractivity contribution is 0.00585. The summed E-state index contributed by atoms with van der Waals surface area (Å²) in [5, 5.41) is 6.88. The number of hydrogen-bond donors (Lipinski definition) is 1. The molecular formula is C19H21FN4O2. The van der Waals surface area contributed by atoms with E-state index in [0.29, 0.717) is 12.2 Å². The molecule has 0 aliphatic heterocycles. The number of halogens is 1. The monoisotopic (exact) mass is 356 g/mol. The Bertz CT molecular complexity index is 817. The molecule has 136 valence electrons. The fourth-order valence-corrected chi connectivity index (χ4v) is 2.49. The van der Waals surface area contributed by atoms with Gasteiger partial charge in [0.25, 0.3) is 5.91 Å². The molecule has 0 saturated heterocycles. The topological polar surface area (TPSA) is 76.5 Å². The maximum atomic E-state index is 13.5. The zero-order valence-electron chi connectivity index (χ0n) is 14.8. The van der Waals surface area contributed by atoms with Gasteiger partial charge in [0.05, 0.1) is 17.5 Å². The van der Waals surface area contributed by atoms with Crippen LogP contribution in [0.15, 0.2) is 35.9 Å². The summed E-state index contributed by atoms with van der Waals surface area (Å²) in [6, 6.07) is 3.51. The standard InChI is InChI=1S/C19H21FN4O2/c1-3-17(24-26-14-5-4-6-14)13-7-8-18(22-9-13)23-19(25)15-10-21-11-16(20)12(15)2/h7-11,14H,3-6H2,1-2H3,(H,22,23,25)/b24-17+. The summed E-state index contributed by atoms with van der Waals surface area (Å²) < 4.78 is 13.5. The third-order valence-corrected chi connectivity index (χ3v) is 4.44. The molecule has 1 saturated carbocycles. The molecule has 2 aromatic rings. The molecule has 1 N–H and O–H groups in total. The van der Waals surface area contributed by atoms with E-state index in [2.05, 4.69) is 20.4 Å². The van der Waals surface area contributed by atoms with E-state index < -0.39 is 11.7 Å². The van der Waals surface area contributed by atoms with Gasteiger partial charge >= 0.3 is 0 Å². The molecule has 7 heteroatoms. The summed E-state index contributed by atoms with van der Waals surface area (Å²) in [7, 11) is 0. The minimum absolute atomic E-state index is 0.181. The zero-order valence-corrected chi connectivity index (χ0v) is 14.8. The molecule has 0 aromatic carbocycles. The first-order valence-electron chi connectivity index (χ1n) is 8.69. The molecule has 3 rings (SSSR count). The zero-order chi connectivity index (χ0) is 18.5. The smallest absolute Gasteiger partial charge is 0.258 e. The van der Waals surface area contributed by atoms with E-state index in [-0.39, 0.29) is 17.2 Å². The Hall–Kier alpha value is -2.83. The molecular weight excluding hydrogens is 335 g/mol. The lowest BCUT2D eigenvalue weighted by atomic mass is 9.97. The molecule has 1 aliphatic rings. The molecule has 0 radical (unpaired) electrons. The van der Waals surface area contributed by atoms with Crippen molar-refractivity contribution in [1.29, 1.82) is 0 Å².